The van der Waals surface area contributed by atoms with Crippen LogP contribution < -0.4 is 5.32 Å². The second-order valence-electron chi connectivity index (χ2n) is 6.11. The molecule has 3 rings (SSSR count). The van der Waals surface area contributed by atoms with Crippen LogP contribution >= 0.6 is 0 Å². The Kier molecular flexibility index (Phi) is 3.77. The third-order valence-corrected chi connectivity index (χ3v) is 4.70. The van der Waals surface area contributed by atoms with Crippen LogP contribution in [0.5, 0.6) is 0 Å². The maximum absolute atomic E-state index is 10.3. The van der Waals surface area contributed by atoms with Crippen molar-refractivity contribution in [2.75, 3.05) is 13.1 Å². The monoisotopic (exact) mass is 269 g/mol. The van der Waals surface area contributed by atoms with Crippen molar-refractivity contribution in [3.05, 3.63) is 48.0 Å². The summed E-state index contributed by atoms with van der Waals surface area (Å²) in [6.07, 6.45) is 3.49. The molecule has 1 saturated carbocycles. The van der Waals surface area contributed by atoms with E-state index in [1.165, 1.54) is 30.0 Å². The van der Waals surface area contributed by atoms with Crippen LogP contribution in [0.1, 0.15) is 37.9 Å². The summed E-state index contributed by atoms with van der Waals surface area (Å²) in [7, 11) is 0. The first-order valence-electron chi connectivity index (χ1n) is 7.60. The highest BCUT2D eigenvalue weighted by molar-refractivity contribution is 5.83. The number of rotatable bonds is 6. The summed E-state index contributed by atoms with van der Waals surface area (Å²) in [4.78, 5) is 0. The highest BCUT2D eigenvalue weighted by atomic mass is 16.3. The van der Waals surface area contributed by atoms with Crippen molar-refractivity contribution in [2.24, 2.45) is 5.41 Å². The Morgan fingerprint density at radius 1 is 1.15 bits per heavy atom. The molecule has 2 nitrogen and oxygen atoms in total. The molecule has 0 aromatic heterocycles. The van der Waals surface area contributed by atoms with Gasteiger partial charge in [-0.25, -0.2) is 0 Å². The Morgan fingerprint density at radius 2 is 1.90 bits per heavy atom. The van der Waals surface area contributed by atoms with Crippen LogP contribution in [-0.4, -0.2) is 18.2 Å². The molecule has 0 spiro atoms. The van der Waals surface area contributed by atoms with E-state index in [-0.39, 0.29) is 0 Å². The summed E-state index contributed by atoms with van der Waals surface area (Å²) in [6.45, 7) is 3.93. The van der Waals surface area contributed by atoms with Gasteiger partial charge in [-0.05, 0) is 47.1 Å². The van der Waals surface area contributed by atoms with Gasteiger partial charge in [0, 0.05) is 13.1 Å². The fraction of sp³-hybridized carbons (Fsp3) is 0.444. The number of nitrogens with one attached hydrogen (secondary N) is 1. The molecule has 2 heteroatoms. The lowest BCUT2D eigenvalue weighted by Crippen LogP contribution is -2.28. The Bertz CT molecular complexity index is 589. The maximum Gasteiger partial charge on any atom is 0.0914 e. The van der Waals surface area contributed by atoms with Gasteiger partial charge in [-0.1, -0.05) is 43.3 Å². The van der Waals surface area contributed by atoms with E-state index in [0.717, 1.165) is 12.1 Å². The van der Waals surface area contributed by atoms with Gasteiger partial charge in [0.25, 0.3) is 0 Å². The van der Waals surface area contributed by atoms with Crippen LogP contribution in [0, 0.1) is 5.41 Å². The third kappa shape index (κ3) is 2.87. The third-order valence-electron chi connectivity index (χ3n) is 4.70. The molecule has 0 saturated heterocycles. The minimum atomic E-state index is -0.424. The fourth-order valence-electron chi connectivity index (χ4n) is 2.84. The second kappa shape index (κ2) is 5.55. The molecule has 0 heterocycles. The van der Waals surface area contributed by atoms with Gasteiger partial charge in [0.15, 0.2) is 0 Å². The van der Waals surface area contributed by atoms with E-state index in [0.29, 0.717) is 12.0 Å². The van der Waals surface area contributed by atoms with E-state index in [9.17, 15) is 5.11 Å². The predicted molar refractivity (Wildman–Crippen MR) is 83.7 cm³/mol. The number of fused-ring (bicyclic) bond motifs is 1. The molecular weight excluding hydrogens is 246 g/mol. The number of benzene rings is 2. The minimum Gasteiger partial charge on any atom is -0.387 e. The molecule has 20 heavy (non-hydrogen) atoms. The highest BCUT2D eigenvalue weighted by Crippen LogP contribution is 2.47. The van der Waals surface area contributed by atoms with Crippen LogP contribution in [0.15, 0.2) is 42.5 Å². The normalized spacial score (nSPS) is 18.1. The topological polar surface area (TPSA) is 32.3 Å². The molecule has 1 atom stereocenters. The fourth-order valence-corrected chi connectivity index (χ4v) is 2.84. The van der Waals surface area contributed by atoms with Gasteiger partial charge < -0.3 is 10.4 Å². The standard InChI is InChI=1S/C18H23NO/c1-2-18(9-10-18)13-19-12-17(20)16-8-7-14-5-3-4-6-15(14)11-16/h3-8,11,17,19-20H,2,9-10,12-13H2,1H3. The zero-order chi connectivity index (χ0) is 14.0. The van der Waals surface area contributed by atoms with Crippen LogP contribution in [-0.2, 0) is 0 Å². The summed E-state index contributed by atoms with van der Waals surface area (Å²) in [5.41, 5.74) is 1.53. The second-order valence-corrected chi connectivity index (χ2v) is 6.11. The van der Waals surface area contributed by atoms with Crippen LogP contribution in [0.4, 0.5) is 0 Å². The van der Waals surface area contributed by atoms with Crippen molar-refractivity contribution in [1.82, 2.24) is 5.32 Å². The maximum atomic E-state index is 10.3. The first-order valence-corrected chi connectivity index (χ1v) is 7.60. The van der Waals surface area contributed by atoms with E-state index in [2.05, 4.69) is 36.5 Å². The SMILES string of the molecule is CCC1(CNCC(O)c2ccc3ccccc3c2)CC1. The van der Waals surface area contributed by atoms with Gasteiger partial charge in [-0.2, -0.15) is 0 Å². The molecule has 2 N–H and O–H groups in total. The molecule has 1 fully saturated rings. The number of aliphatic hydroxyl groups is 1. The summed E-state index contributed by atoms with van der Waals surface area (Å²) in [5, 5.41) is 16.2. The zero-order valence-corrected chi connectivity index (χ0v) is 12.1. The molecule has 0 amide bonds. The lowest BCUT2D eigenvalue weighted by atomic mass is 10.0. The molecule has 1 unspecified atom stereocenters. The molecule has 2 aromatic rings. The first kappa shape index (κ1) is 13.6. The lowest BCUT2D eigenvalue weighted by Gasteiger charge is -2.17. The van der Waals surface area contributed by atoms with Crippen LogP contribution in [0.25, 0.3) is 10.8 Å². The summed E-state index contributed by atoms with van der Waals surface area (Å²) >= 11 is 0. The van der Waals surface area contributed by atoms with Crippen molar-refractivity contribution in [3.8, 4) is 0 Å². The van der Waals surface area contributed by atoms with Crippen LogP contribution in [0.3, 0.4) is 0 Å². The van der Waals surface area contributed by atoms with Gasteiger partial charge in [0.1, 0.15) is 0 Å². The van der Waals surface area contributed by atoms with Gasteiger partial charge in [-0.3, -0.25) is 0 Å². The molecular formula is C18H23NO. The van der Waals surface area contributed by atoms with Crippen molar-refractivity contribution in [2.45, 2.75) is 32.3 Å². The van der Waals surface area contributed by atoms with E-state index in [4.69, 9.17) is 0 Å². The average Bonchev–Trinajstić information content (AvgIpc) is 3.27. The van der Waals surface area contributed by atoms with Crippen molar-refractivity contribution >= 4 is 10.8 Å². The Balaban J connectivity index is 1.61. The van der Waals surface area contributed by atoms with Crippen LogP contribution in [0.2, 0.25) is 0 Å². The minimum absolute atomic E-state index is 0.424. The quantitative estimate of drug-likeness (QED) is 0.839. The molecule has 0 radical (unpaired) electrons. The zero-order valence-electron chi connectivity index (χ0n) is 12.1. The number of hydrogen-bond donors (Lipinski definition) is 2. The van der Waals surface area contributed by atoms with Gasteiger partial charge >= 0.3 is 0 Å². The summed E-state index contributed by atoms with van der Waals surface area (Å²) in [6, 6.07) is 14.5. The average molecular weight is 269 g/mol. The summed E-state index contributed by atoms with van der Waals surface area (Å²) in [5.74, 6) is 0. The molecule has 1 aliphatic carbocycles. The summed E-state index contributed by atoms with van der Waals surface area (Å²) < 4.78 is 0. The van der Waals surface area contributed by atoms with Gasteiger partial charge in [0.2, 0.25) is 0 Å². The molecule has 0 aliphatic heterocycles. The van der Waals surface area contributed by atoms with E-state index >= 15 is 0 Å². The molecule has 1 aliphatic rings. The Morgan fingerprint density at radius 3 is 2.60 bits per heavy atom. The Labute approximate surface area is 120 Å². The van der Waals surface area contributed by atoms with Gasteiger partial charge in [-0.15, -0.1) is 0 Å². The first-order chi connectivity index (χ1) is 9.72. The van der Waals surface area contributed by atoms with E-state index in [1.807, 2.05) is 18.2 Å². The van der Waals surface area contributed by atoms with E-state index in [1.54, 1.807) is 0 Å². The van der Waals surface area contributed by atoms with Crippen molar-refractivity contribution in [1.29, 1.82) is 0 Å². The number of hydrogen-bond acceptors (Lipinski definition) is 2. The largest absolute Gasteiger partial charge is 0.387 e. The van der Waals surface area contributed by atoms with Crippen molar-refractivity contribution < 1.29 is 5.11 Å². The van der Waals surface area contributed by atoms with Gasteiger partial charge in [0.05, 0.1) is 6.10 Å². The van der Waals surface area contributed by atoms with Crippen molar-refractivity contribution in [3.63, 3.8) is 0 Å². The number of aliphatic hydroxyl groups excluding tert-OH is 1. The predicted octanol–water partition coefficient (Wildman–Crippen LogP) is 3.65. The smallest absolute Gasteiger partial charge is 0.0914 e. The molecule has 106 valence electrons. The van der Waals surface area contributed by atoms with E-state index < -0.39 is 6.10 Å². The lowest BCUT2D eigenvalue weighted by molar-refractivity contribution is 0.172. The highest BCUT2D eigenvalue weighted by Gasteiger charge is 2.39. The molecule has 2 aromatic carbocycles. The Hall–Kier alpha value is -1.38. The molecule has 0 bridgehead atoms.